The first-order chi connectivity index (χ1) is 15.1. The molecule has 1 amide bonds. The Hall–Kier alpha value is -2.26. The Morgan fingerprint density at radius 3 is 2.50 bits per heavy atom. The van der Waals surface area contributed by atoms with Crippen LogP contribution >= 0.6 is 23.2 Å². The van der Waals surface area contributed by atoms with E-state index in [0.717, 1.165) is 42.9 Å². The summed E-state index contributed by atoms with van der Waals surface area (Å²) in [6.45, 7) is 6.26. The third-order valence-corrected chi connectivity index (χ3v) is 5.94. The van der Waals surface area contributed by atoms with Crippen molar-refractivity contribution in [1.82, 2.24) is 19.7 Å². The standard InChI is InChI=1S/C21H24Cl2F3N5O/c1-3-4-7-31-19(23)16(14(2)28-31)5-6-18(32)29-8-10-30(11-9-29)20-17(22)12-15(13-27-20)21(24,25)26/h5-6,12-13H,3-4,7-11H2,1-2H3/b6-5+. The molecule has 3 heterocycles. The smallest absolute Gasteiger partial charge is 0.352 e. The fourth-order valence-electron chi connectivity index (χ4n) is 3.43. The lowest BCUT2D eigenvalue weighted by atomic mass is 10.2. The molecule has 1 saturated heterocycles. The van der Waals surface area contributed by atoms with Crippen LogP contribution in [-0.4, -0.2) is 51.8 Å². The quantitative estimate of drug-likeness (QED) is 0.531. The van der Waals surface area contributed by atoms with Crippen LogP contribution in [0.3, 0.4) is 0 Å². The average Bonchev–Trinajstić information content (AvgIpc) is 3.02. The topological polar surface area (TPSA) is 54.3 Å². The number of aromatic nitrogens is 3. The summed E-state index contributed by atoms with van der Waals surface area (Å²) in [5, 5.41) is 4.87. The van der Waals surface area contributed by atoms with E-state index in [1.807, 2.05) is 6.92 Å². The Kier molecular flexibility index (Phi) is 7.71. The number of pyridine rings is 1. The number of carbonyl (C=O) groups excluding carboxylic acids is 1. The van der Waals surface area contributed by atoms with Gasteiger partial charge in [-0.05, 0) is 25.5 Å². The largest absolute Gasteiger partial charge is 0.417 e. The van der Waals surface area contributed by atoms with Gasteiger partial charge >= 0.3 is 6.18 Å². The molecule has 1 aliphatic rings. The van der Waals surface area contributed by atoms with Crippen molar-refractivity contribution < 1.29 is 18.0 Å². The Balaban J connectivity index is 1.61. The van der Waals surface area contributed by atoms with E-state index in [-0.39, 0.29) is 16.7 Å². The first-order valence-corrected chi connectivity index (χ1v) is 11.0. The first-order valence-electron chi connectivity index (χ1n) is 10.3. The minimum Gasteiger partial charge on any atom is -0.352 e. The van der Waals surface area contributed by atoms with Crippen molar-refractivity contribution in [1.29, 1.82) is 0 Å². The Labute approximate surface area is 194 Å². The van der Waals surface area contributed by atoms with Crippen LogP contribution in [0.25, 0.3) is 6.08 Å². The second kappa shape index (κ2) is 10.1. The number of unbranched alkanes of at least 4 members (excludes halogenated alkanes) is 1. The van der Waals surface area contributed by atoms with Gasteiger partial charge in [0.2, 0.25) is 5.91 Å². The van der Waals surface area contributed by atoms with E-state index >= 15 is 0 Å². The molecule has 0 saturated carbocycles. The van der Waals surface area contributed by atoms with E-state index in [2.05, 4.69) is 17.0 Å². The summed E-state index contributed by atoms with van der Waals surface area (Å²) in [6, 6.07) is 0.872. The van der Waals surface area contributed by atoms with Crippen molar-refractivity contribution in [3.63, 3.8) is 0 Å². The molecule has 0 N–H and O–H groups in total. The zero-order valence-corrected chi connectivity index (χ0v) is 19.3. The fraction of sp³-hybridized carbons (Fsp3) is 0.476. The Bertz CT molecular complexity index is 998. The van der Waals surface area contributed by atoms with Gasteiger partial charge in [-0.25, -0.2) is 4.98 Å². The maximum absolute atomic E-state index is 12.8. The minimum atomic E-state index is -4.50. The number of halogens is 5. The van der Waals surface area contributed by atoms with Crippen molar-refractivity contribution >= 4 is 41.0 Å². The van der Waals surface area contributed by atoms with Crippen LogP contribution in [0.4, 0.5) is 19.0 Å². The van der Waals surface area contributed by atoms with Crippen molar-refractivity contribution in [3.05, 3.63) is 45.3 Å². The third-order valence-electron chi connectivity index (χ3n) is 5.27. The Morgan fingerprint density at radius 1 is 1.22 bits per heavy atom. The number of rotatable bonds is 6. The predicted octanol–water partition coefficient (Wildman–Crippen LogP) is 5.07. The number of anilines is 1. The molecule has 11 heteroatoms. The monoisotopic (exact) mass is 489 g/mol. The lowest BCUT2D eigenvalue weighted by Crippen LogP contribution is -2.48. The van der Waals surface area contributed by atoms with Gasteiger partial charge in [-0.15, -0.1) is 0 Å². The molecule has 0 spiro atoms. The number of aryl methyl sites for hydroxylation is 2. The summed E-state index contributed by atoms with van der Waals surface area (Å²) in [6.07, 6.45) is 1.41. The van der Waals surface area contributed by atoms with Crippen LogP contribution in [0.5, 0.6) is 0 Å². The van der Waals surface area contributed by atoms with Crippen LogP contribution in [-0.2, 0) is 17.5 Å². The lowest BCUT2D eigenvalue weighted by Gasteiger charge is -2.35. The molecule has 1 aliphatic heterocycles. The van der Waals surface area contributed by atoms with Gasteiger partial charge in [-0.1, -0.05) is 36.5 Å². The van der Waals surface area contributed by atoms with Crippen LogP contribution < -0.4 is 4.90 Å². The van der Waals surface area contributed by atoms with Gasteiger partial charge in [-0.2, -0.15) is 18.3 Å². The molecule has 2 aromatic rings. The van der Waals surface area contributed by atoms with Crippen molar-refractivity contribution in [2.75, 3.05) is 31.1 Å². The molecule has 32 heavy (non-hydrogen) atoms. The van der Waals surface area contributed by atoms with Gasteiger partial charge in [-0.3, -0.25) is 9.48 Å². The molecule has 0 aromatic carbocycles. The van der Waals surface area contributed by atoms with Gasteiger partial charge in [0.25, 0.3) is 0 Å². The maximum Gasteiger partial charge on any atom is 0.417 e. The number of alkyl halides is 3. The molecular weight excluding hydrogens is 466 g/mol. The zero-order chi connectivity index (χ0) is 23.5. The highest BCUT2D eigenvalue weighted by atomic mass is 35.5. The van der Waals surface area contributed by atoms with E-state index in [4.69, 9.17) is 23.2 Å². The van der Waals surface area contributed by atoms with Crippen LogP contribution in [0.1, 0.15) is 36.6 Å². The minimum absolute atomic E-state index is 0.0651. The van der Waals surface area contributed by atoms with E-state index in [0.29, 0.717) is 31.3 Å². The predicted molar refractivity (Wildman–Crippen MR) is 119 cm³/mol. The van der Waals surface area contributed by atoms with Crippen molar-refractivity contribution in [2.45, 2.75) is 39.4 Å². The number of carbonyl (C=O) groups is 1. The second-order valence-corrected chi connectivity index (χ2v) is 8.30. The number of amides is 1. The summed E-state index contributed by atoms with van der Waals surface area (Å²) in [7, 11) is 0. The molecule has 0 aliphatic carbocycles. The van der Waals surface area contributed by atoms with E-state index in [9.17, 15) is 18.0 Å². The molecule has 3 rings (SSSR count). The maximum atomic E-state index is 12.8. The molecule has 1 fully saturated rings. The van der Waals surface area contributed by atoms with Gasteiger partial charge in [0, 0.05) is 50.6 Å². The van der Waals surface area contributed by atoms with E-state index in [1.54, 1.807) is 20.6 Å². The Morgan fingerprint density at radius 2 is 1.91 bits per heavy atom. The highest BCUT2D eigenvalue weighted by Crippen LogP contribution is 2.33. The van der Waals surface area contributed by atoms with Crippen LogP contribution in [0.15, 0.2) is 18.3 Å². The first kappa shape index (κ1) is 24.4. The number of hydrogen-bond donors (Lipinski definition) is 0. The van der Waals surface area contributed by atoms with Gasteiger partial charge in [0.15, 0.2) is 0 Å². The highest BCUT2D eigenvalue weighted by molar-refractivity contribution is 6.33. The molecule has 2 aromatic heterocycles. The summed E-state index contributed by atoms with van der Waals surface area (Å²) >= 11 is 12.4. The van der Waals surface area contributed by atoms with Gasteiger partial charge in [0.05, 0.1) is 16.3 Å². The zero-order valence-electron chi connectivity index (χ0n) is 17.8. The molecule has 174 valence electrons. The fourth-order valence-corrected chi connectivity index (χ4v) is 4.04. The third kappa shape index (κ3) is 5.56. The molecule has 0 bridgehead atoms. The number of nitrogens with zero attached hydrogens (tertiary/aromatic N) is 5. The normalized spacial score (nSPS) is 15.1. The summed E-state index contributed by atoms with van der Waals surface area (Å²) in [5.41, 5.74) is 0.579. The number of piperazine rings is 1. The highest BCUT2D eigenvalue weighted by Gasteiger charge is 2.32. The summed E-state index contributed by atoms with van der Waals surface area (Å²) < 4.78 is 40.2. The molecule has 0 radical (unpaired) electrons. The lowest BCUT2D eigenvalue weighted by molar-refractivity contribution is -0.137. The van der Waals surface area contributed by atoms with Gasteiger partial charge < -0.3 is 9.80 Å². The van der Waals surface area contributed by atoms with E-state index < -0.39 is 11.7 Å². The summed E-state index contributed by atoms with van der Waals surface area (Å²) in [4.78, 5) is 19.9. The van der Waals surface area contributed by atoms with Crippen LogP contribution in [0.2, 0.25) is 10.2 Å². The van der Waals surface area contributed by atoms with Crippen molar-refractivity contribution in [3.8, 4) is 0 Å². The van der Waals surface area contributed by atoms with Crippen molar-refractivity contribution in [2.24, 2.45) is 0 Å². The SMILES string of the molecule is CCCCn1nc(C)c(/C=C/C(=O)N2CCN(c3ncc(C(F)(F)F)cc3Cl)CC2)c1Cl. The molecule has 0 unspecified atom stereocenters. The summed E-state index contributed by atoms with van der Waals surface area (Å²) in [5.74, 6) is 0.108. The van der Waals surface area contributed by atoms with Gasteiger partial charge in [0.1, 0.15) is 11.0 Å². The molecular formula is C21H24Cl2F3N5O. The van der Waals surface area contributed by atoms with E-state index in [1.165, 1.54) is 6.08 Å². The average molecular weight is 490 g/mol. The van der Waals surface area contributed by atoms with Crippen LogP contribution in [0, 0.1) is 6.92 Å². The second-order valence-electron chi connectivity index (χ2n) is 7.54. The molecule has 0 atom stereocenters. The number of hydrogen-bond acceptors (Lipinski definition) is 4. The molecule has 6 nitrogen and oxygen atoms in total.